The van der Waals surface area contributed by atoms with E-state index in [9.17, 15) is 9.59 Å². The lowest BCUT2D eigenvalue weighted by molar-refractivity contribution is -0.143. The molecular formula is C12H21NO2. The second-order valence-electron chi connectivity index (χ2n) is 4.29. The molecular weight excluding hydrogens is 190 g/mol. The summed E-state index contributed by atoms with van der Waals surface area (Å²) >= 11 is 0. The Hall–Kier alpha value is -0.860. The van der Waals surface area contributed by atoms with Crippen molar-refractivity contribution in [3.63, 3.8) is 0 Å². The molecule has 1 aliphatic rings. The fraction of sp³-hybridized carbons (Fsp3) is 0.833. The first kappa shape index (κ1) is 12.2. The standard InChI is InChI=1S/C12H21NO2/c1-11(14)13-10-8-6-4-2-3-5-7-9-12(13)15/h2-10H2,1H3. The lowest BCUT2D eigenvalue weighted by Gasteiger charge is -2.18. The predicted molar refractivity (Wildman–Crippen MR) is 59.3 cm³/mol. The predicted octanol–water partition coefficient (Wildman–Crippen LogP) is 2.50. The molecule has 1 heterocycles. The van der Waals surface area contributed by atoms with Crippen LogP contribution in [0.5, 0.6) is 0 Å². The van der Waals surface area contributed by atoms with E-state index in [1.807, 2.05) is 0 Å². The van der Waals surface area contributed by atoms with E-state index in [2.05, 4.69) is 0 Å². The van der Waals surface area contributed by atoms with E-state index in [1.54, 1.807) is 0 Å². The van der Waals surface area contributed by atoms with Gasteiger partial charge >= 0.3 is 0 Å². The van der Waals surface area contributed by atoms with Gasteiger partial charge in [-0.3, -0.25) is 14.5 Å². The summed E-state index contributed by atoms with van der Waals surface area (Å²) in [4.78, 5) is 24.4. The molecule has 1 rings (SSSR count). The molecule has 0 unspecified atom stereocenters. The van der Waals surface area contributed by atoms with E-state index in [0.717, 1.165) is 25.7 Å². The fourth-order valence-corrected chi connectivity index (χ4v) is 2.02. The molecule has 1 aliphatic heterocycles. The van der Waals surface area contributed by atoms with Crippen LogP contribution in [0, 0.1) is 0 Å². The van der Waals surface area contributed by atoms with Gasteiger partial charge in [0.15, 0.2) is 0 Å². The van der Waals surface area contributed by atoms with Crippen molar-refractivity contribution in [3.8, 4) is 0 Å². The van der Waals surface area contributed by atoms with Gasteiger partial charge in [-0.2, -0.15) is 0 Å². The molecule has 3 nitrogen and oxygen atoms in total. The zero-order chi connectivity index (χ0) is 11.1. The smallest absolute Gasteiger partial charge is 0.229 e. The molecule has 0 atom stereocenters. The number of hydrogen-bond donors (Lipinski definition) is 0. The van der Waals surface area contributed by atoms with Crippen LogP contribution >= 0.6 is 0 Å². The van der Waals surface area contributed by atoms with Gasteiger partial charge in [0.05, 0.1) is 0 Å². The number of hydrogen-bond acceptors (Lipinski definition) is 2. The molecule has 0 aromatic rings. The Morgan fingerprint density at radius 3 is 2.13 bits per heavy atom. The highest BCUT2D eigenvalue weighted by Crippen LogP contribution is 2.12. The summed E-state index contributed by atoms with van der Waals surface area (Å²) in [7, 11) is 0. The largest absolute Gasteiger partial charge is 0.283 e. The van der Waals surface area contributed by atoms with Crippen molar-refractivity contribution in [1.29, 1.82) is 0 Å². The van der Waals surface area contributed by atoms with Crippen molar-refractivity contribution in [2.24, 2.45) is 0 Å². The Morgan fingerprint density at radius 2 is 1.53 bits per heavy atom. The number of amides is 2. The van der Waals surface area contributed by atoms with E-state index in [0.29, 0.717) is 13.0 Å². The van der Waals surface area contributed by atoms with Gasteiger partial charge < -0.3 is 0 Å². The van der Waals surface area contributed by atoms with Crippen molar-refractivity contribution < 1.29 is 9.59 Å². The third-order valence-corrected chi connectivity index (χ3v) is 2.95. The van der Waals surface area contributed by atoms with Crippen LogP contribution in [-0.4, -0.2) is 23.3 Å². The van der Waals surface area contributed by atoms with Crippen LogP contribution < -0.4 is 0 Å². The normalized spacial score (nSPS) is 20.9. The van der Waals surface area contributed by atoms with E-state index in [-0.39, 0.29) is 11.8 Å². The Kier molecular flexibility index (Phi) is 5.37. The first-order chi connectivity index (χ1) is 7.22. The molecule has 15 heavy (non-hydrogen) atoms. The molecule has 0 aromatic carbocycles. The van der Waals surface area contributed by atoms with Gasteiger partial charge in [0.2, 0.25) is 11.8 Å². The summed E-state index contributed by atoms with van der Waals surface area (Å²) < 4.78 is 0. The number of rotatable bonds is 0. The molecule has 0 aromatic heterocycles. The first-order valence-corrected chi connectivity index (χ1v) is 6.03. The van der Waals surface area contributed by atoms with Gasteiger partial charge in [0, 0.05) is 19.9 Å². The van der Waals surface area contributed by atoms with Crippen LogP contribution in [0.3, 0.4) is 0 Å². The average Bonchev–Trinajstić information content (AvgIpc) is 2.23. The summed E-state index contributed by atoms with van der Waals surface area (Å²) in [6.45, 7) is 2.10. The minimum Gasteiger partial charge on any atom is -0.283 e. The monoisotopic (exact) mass is 211 g/mol. The highest BCUT2D eigenvalue weighted by atomic mass is 16.2. The van der Waals surface area contributed by atoms with E-state index in [1.165, 1.54) is 31.1 Å². The lowest BCUT2D eigenvalue weighted by Crippen LogP contribution is -2.35. The number of carbonyl (C=O) groups is 2. The summed E-state index contributed by atoms with van der Waals surface area (Å²) in [5.41, 5.74) is 0. The second kappa shape index (κ2) is 6.59. The zero-order valence-corrected chi connectivity index (χ0v) is 9.63. The van der Waals surface area contributed by atoms with Gasteiger partial charge in [0.1, 0.15) is 0 Å². The average molecular weight is 211 g/mol. The van der Waals surface area contributed by atoms with Gasteiger partial charge in [-0.25, -0.2) is 0 Å². The summed E-state index contributed by atoms with van der Waals surface area (Å²) in [6, 6.07) is 0. The summed E-state index contributed by atoms with van der Waals surface area (Å²) in [6.07, 6.45) is 8.43. The molecule has 0 N–H and O–H groups in total. The van der Waals surface area contributed by atoms with E-state index in [4.69, 9.17) is 0 Å². The van der Waals surface area contributed by atoms with E-state index < -0.39 is 0 Å². The summed E-state index contributed by atoms with van der Waals surface area (Å²) in [5, 5.41) is 0. The van der Waals surface area contributed by atoms with Gasteiger partial charge in [0.25, 0.3) is 0 Å². The van der Waals surface area contributed by atoms with Crippen LogP contribution in [0.4, 0.5) is 0 Å². The SMILES string of the molecule is CC(=O)N1CCCCCCCCCC1=O. The molecule has 0 aliphatic carbocycles. The molecule has 0 bridgehead atoms. The summed E-state index contributed by atoms with van der Waals surface area (Å²) in [5.74, 6) is -0.0800. The first-order valence-electron chi connectivity index (χ1n) is 6.03. The van der Waals surface area contributed by atoms with Gasteiger partial charge in [-0.05, 0) is 12.8 Å². The van der Waals surface area contributed by atoms with Crippen LogP contribution in [0.2, 0.25) is 0 Å². The Balaban J connectivity index is 2.50. The third kappa shape index (κ3) is 4.45. The maximum Gasteiger partial charge on any atom is 0.229 e. The molecule has 86 valence electrons. The quantitative estimate of drug-likeness (QED) is 0.617. The van der Waals surface area contributed by atoms with E-state index >= 15 is 0 Å². The maximum absolute atomic E-state index is 11.7. The van der Waals surface area contributed by atoms with Crippen LogP contribution in [-0.2, 0) is 9.59 Å². The van der Waals surface area contributed by atoms with Crippen LogP contribution in [0.15, 0.2) is 0 Å². The molecule has 3 heteroatoms. The second-order valence-corrected chi connectivity index (χ2v) is 4.29. The molecule has 1 fully saturated rings. The third-order valence-electron chi connectivity index (χ3n) is 2.95. The Morgan fingerprint density at radius 1 is 1.00 bits per heavy atom. The highest BCUT2D eigenvalue weighted by molar-refractivity contribution is 5.94. The lowest BCUT2D eigenvalue weighted by atomic mass is 10.1. The molecule has 0 spiro atoms. The Labute approximate surface area is 91.8 Å². The molecule has 0 radical (unpaired) electrons. The van der Waals surface area contributed by atoms with Gasteiger partial charge in [-0.15, -0.1) is 0 Å². The van der Waals surface area contributed by atoms with Crippen molar-refractivity contribution in [2.75, 3.05) is 6.54 Å². The van der Waals surface area contributed by atoms with Crippen molar-refractivity contribution in [3.05, 3.63) is 0 Å². The molecule has 1 saturated heterocycles. The zero-order valence-electron chi connectivity index (χ0n) is 9.63. The van der Waals surface area contributed by atoms with Crippen molar-refractivity contribution in [1.82, 2.24) is 4.90 Å². The fourth-order valence-electron chi connectivity index (χ4n) is 2.02. The molecule has 0 saturated carbocycles. The van der Waals surface area contributed by atoms with Crippen LogP contribution in [0.25, 0.3) is 0 Å². The van der Waals surface area contributed by atoms with Crippen molar-refractivity contribution in [2.45, 2.75) is 58.3 Å². The minimum atomic E-state index is -0.0979. The minimum absolute atomic E-state index is 0.0180. The topological polar surface area (TPSA) is 37.4 Å². The number of nitrogens with zero attached hydrogens (tertiary/aromatic N) is 1. The number of imide groups is 1. The van der Waals surface area contributed by atoms with Crippen molar-refractivity contribution >= 4 is 11.8 Å². The molecule has 2 amide bonds. The number of carbonyl (C=O) groups excluding carboxylic acids is 2. The highest BCUT2D eigenvalue weighted by Gasteiger charge is 2.17. The van der Waals surface area contributed by atoms with Gasteiger partial charge in [-0.1, -0.05) is 32.1 Å². The Bertz CT molecular complexity index is 226. The maximum atomic E-state index is 11.7. The van der Waals surface area contributed by atoms with Crippen LogP contribution in [0.1, 0.15) is 58.3 Å².